The molecule has 3 aliphatic rings. The number of fused-ring (bicyclic) bond motifs is 1. The minimum atomic E-state index is -1.30. The standard InChI is InChI=1S/C38H39F3N4O5/c1-45-15-8-24(9-16-45)44-37(10-11-37)22-49-34-21-30-26(20-33(34)48-2)31(7-14-42-30)50-32-6-3-23(17-29(32)41)18-35(46)38(12-13-38)36(47)43-25-4-5-27(39)28(40)19-25/h3-7,14,17,19-21,24,44H,8-13,15-16,18,22H2,1-2H3,(H,43,47). The normalized spacial score (nSPS) is 18.0. The van der Waals surface area contributed by atoms with E-state index >= 15 is 4.39 Å². The number of pyridine rings is 1. The van der Waals surface area contributed by atoms with Gasteiger partial charge < -0.3 is 29.7 Å². The Morgan fingerprint density at radius 2 is 1.66 bits per heavy atom. The van der Waals surface area contributed by atoms with Crippen LogP contribution in [0.2, 0.25) is 0 Å². The van der Waals surface area contributed by atoms with Gasteiger partial charge in [-0.1, -0.05) is 6.07 Å². The smallest absolute Gasteiger partial charge is 0.238 e. The number of carbonyl (C=O) groups is 2. The molecule has 2 heterocycles. The number of likely N-dealkylation sites (tertiary alicyclic amines) is 1. The lowest BCUT2D eigenvalue weighted by molar-refractivity contribution is -0.132. The molecule has 3 aromatic carbocycles. The fourth-order valence-electron chi connectivity index (χ4n) is 6.57. The topological polar surface area (TPSA) is 102 Å². The summed E-state index contributed by atoms with van der Waals surface area (Å²) in [4.78, 5) is 33.0. The lowest BCUT2D eigenvalue weighted by Crippen LogP contribution is -2.48. The fraction of sp³-hybridized carbons (Fsp3) is 0.395. The molecule has 12 heteroatoms. The second kappa shape index (κ2) is 13.6. The summed E-state index contributed by atoms with van der Waals surface area (Å²) in [6.07, 6.45) is 6.36. The molecule has 50 heavy (non-hydrogen) atoms. The first-order valence-corrected chi connectivity index (χ1v) is 16.9. The fourth-order valence-corrected chi connectivity index (χ4v) is 6.57. The van der Waals surface area contributed by atoms with Crippen molar-refractivity contribution >= 4 is 28.3 Å². The highest BCUT2D eigenvalue weighted by atomic mass is 19.2. The zero-order valence-electron chi connectivity index (χ0n) is 28.0. The predicted molar refractivity (Wildman–Crippen MR) is 181 cm³/mol. The van der Waals surface area contributed by atoms with Crippen LogP contribution in [0, 0.1) is 22.9 Å². The van der Waals surface area contributed by atoms with Gasteiger partial charge in [0.2, 0.25) is 5.91 Å². The Bertz CT molecular complexity index is 1940. The molecular weight excluding hydrogens is 649 g/mol. The van der Waals surface area contributed by atoms with Gasteiger partial charge in [-0.3, -0.25) is 14.6 Å². The molecule has 9 nitrogen and oxygen atoms in total. The van der Waals surface area contributed by atoms with E-state index in [0.29, 0.717) is 59.2 Å². The minimum Gasteiger partial charge on any atom is -0.493 e. The molecule has 0 bridgehead atoms. The number of nitrogens with one attached hydrogen (secondary N) is 2. The van der Waals surface area contributed by atoms with Crippen molar-refractivity contribution in [2.45, 2.75) is 56.5 Å². The lowest BCUT2D eigenvalue weighted by Gasteiger charge is -2.32. The molecule has 0 radical (unpaired) electrons. The minimum absolute atomic E-state index is 0.0381. The van der Waals surface area contributed by atoms with Crippen LogP contribution in [0.25, 0.3) is 10.9 Å². The third kappa shape index (κ3) is 7.13. The number of nitrogens with zero attached hydrogens (tertiary/aromatic N) is 2. The lowest BCUT2D eigenvalue weighted by atomic mass is 9.94. The van der Waals surface area contributed by atoms with E-state index < -0.39 is 28.8 Å². The molecule has 2 N–H and O–H groups in total. The van der Waals surface area contributed by atoms with Gasteiger partial charge in [0.1, 0.15) is 17.8 Å². The number of piperidine rings is 1. The van der Waals surface area contributed by atoms with E-state index in [-0.39, 0.29) is 29.2 Å². The second-order valence-electron chi connectivity index (χ2n) is 13.8. The van der Waals surface area contributed by atoms with E-state index in [1.54, 1.807) is 37.6 Å². The summed E-state index contributed by atoms with van der Waals surface area (Å²) < 4.78 is 60.3. The van der Waals surface area contributed by atoms with Gasteiger partial charge >= 0.3 is 0 Å². The summed E-state index contributed by atoms with van der Waals surface area (Å²) in [5.74, 6) is -2.45. The molecule has 2 saturated carbocycles. The van der Waals surface area contributed by atoms with Crippen LogP contribution in [0.5, 0.6) is 23.0 Å². The quantitative estimate of drug-likeness (QED) is 0.152. The van der Waals surface area contributed by atoms with Gasteiger partial charge in [0, 0.05) is 41.9 Å². The number of methoxy groups -OCH3 is 1. The summed E-state index contributed by atoms with van der Waals surface area (Å²) >= 11 is 0. The van der Waals surface area contributed by atoms with Crippen molar-refractivity contribution in [2.75, 3.05) is 39.2 Å². The van der Waals surface area contributed by atoms with Crippen LogP contribution < -0.4 is 24.8 Å². The maximum absolute atomic E-state index is 15.4. The number of ether oxygens (including phenoxy) is 3. The molecule has 1 aliphatic heterocycles. The molecule has 2 aliphatic carbocycles. The van der Waals surface area contributed by atoms with E-state index in [4.69, 9.17) is 14.2 Å². The van der Waals surface area contributed by atoms with Crippen molar-refractivity contribution in [3.05, 3.63) is 83.8 Å². The first-order chi connectivity index (χ1) is 24.1. The first kappa shape index (κ1) is 33.8. The average Bonchev–Trinajstić information content (AvgIpc) is 4.04. The highest BCUT2D eigenvalue weighted by Gasteiger charge is 2.55. The Labute approximate surface area is 288 Å². The van der Waals surface area contributed by atoms with Gasteiger partial charge in [-0.05, 0) is 101 Å². The van der Waals surface area contributed by atoms with Crippen molar-refractivity contribution in [1.29, 1.82) is 0 Å². The molecule has 0 atom stereocenters. The number of hydrogen-bond donors (Lipinski definition) is 2. The van der Waals surface area contributed by atoms with Crippen LogP contribution in [-0.2, 0) is 16.0 Å². The van der Waals surface area contributed by atoms with Gasteiger partial charge in [0.15, 0.2) is 40.5 Å². The molecule has 262 valence electrons. The Balaban J connectivity index is 1.01. The number of amides is 1. The highest BCUT2D eigenvalue weighted by Crippen LogP contribution is 2.48. The molecule has 7 rings (SSSR count). The van der Waals surface area contributed by atoms with Crippen LogP contribution >= 0.6 is 0 Å². The van der Waals surface area contributed by atoms with Crippen molar-refractivity contribution in [2.24, 2.45) is 5.41 Å². The van der Waals surface area contributed by atoms with E-state index in [2.05, 4.69) is 27.6 Å². The van der Waals surface area contributed by atoms with Gasteiger partial charge in [-0.25, -0.2) is 13.2 Å². The van der Waals surface area contributed by atoms with Gasteiger partial charge in [-0.2, -0.15) is 0 Å². The van der Waals surface area contributed by atoms with E-state index in [1.807, 2.05) is 0 Å². The second-order valence-corrected chi connectivity index (χ2v) is 13.8. The van der Waals surface area contributed by atoms with Crippen molar-refractivity contribution in [1.82, 2.24) is 15.2 Å². The van der Waals surface area contributed by atoms with Gasteiger partial charge in [0.25, 0.3) is 0 Å². The molecule has 1 aromatic heterocycles. The third-order valence-electron chi connectivity index (χ3n) is 10.1. The number of halogens is 3. The molecule has 3 fully saturated rings. The molecule has 4 aromatic rings. The first-order valence-electron chi connectivity index (χ1n) is 16.9. The SMILES string of the molecule is COc1cc2c(Oc3ccc(CC(=O)C4(C(=O)Nc5ccc(F)c(F)c5)CC4)cc3F)ccnc2cc1OCC1(NC2CCN(C)CC2)CC1. The summed E-state index contributed by atoms with van der Waals surface area (Å²) in [5.41, 5.74) is -0.327. The average molecular weight is 689 g/mol. The number of ketones is 1. The summed E-state index contributed by atoms with van der Waals surface area (Å²) in [6, 6.07) is 12.9. The zero-order chi connectivity index (χ0) is 35.0. The predicted octanol–water partition coefficient (Wildman–Crippen LogP) is 6.58. The Kier molecular flexibility index (Phi) is 9.17. The number of anilines is 1. The van der Waals surface area contributed by atoms with Gasteiger partial charge in [-0.15, -0.1) is 0 Å². The number of rotatable bonds is 13. The van der Waals surface area contributed by atoms with Crippen molar-refractivity contribution in [3.8, 4) is 23.0 Å². The molecule has 1 saturated heterocycles. The maximum Gasteiger partial charge on any atom is 0.238 e. The zero-order valence-corrected chi connectivity index (χ0v) is 28.0. The Morgan fingerprint density at radius 1 is 0.880 bits per heavy atom. The summed E-state index contributed by atoms with van der Waals surface area (Å²) in [5, 5.41) is 6.93. The highest BCUT2D eigenvalue weighted by molar-refractivity contribution is 6.14. The van der Waals surface area contributed by atoms with Crippen molar-refractivity contribution in [3.63, 3.8) is 0 Å². The number of benzene rings is 3. The maximum atomic E-state index is 15.4. The van der Waals surface area contributed by atoms with Gasteiger partial charge in [0.05, 0.1) is 18.2 Å². The summed E-state index contributed by atoms with van der Waals surface area (Å²) in [7, 11) is 3.72. The third-order valence-corrected chi connectivity index (χ3v) is 10.1. The summed E-state index contributed by atoms with van der Waals surface area (Å²) in [6.45, 7) is 2.69. The van der Waals surface area contributed by atoms with Crippen LogP contribution in [-0.4, -0.2) is 67.0 Å². The number of carbonyl (C=O) groups excluding carboxylic acids is 2. The van der Waals surface area contributed by atoms with Crippen molar-refractivity contribution < 1.29 is 37.0 Å². The number of hydrogen-bond acceptors (Lipinski definition) is 8. The number of aromatic nitrogens is 1. The molecular formula is C38H39F3N4O5. The van der Waals surface area contributed by atoms with E-state index in [0.717, 1.165) is 50.9 Å². The molecule has 0 unspecified atom stereocenters. The number of Topliss-reactive ketones (excluding diaryl/α,β-unsaturated/α-hetero) is 1. The van der Waals surface area contributed by atoms with Crippen LogP contribution in [0.3, 0.4) is 0 Å². The van der Waals surface area contributed by atoms with E-state index in [1.165, 1.54) is 18.2 Å². The van der Waals surface area contributed by atoms with Crippen LogP contribution in [0.15, 0.2) is 60.8 Å². The Hall–Kier alpha value is -4.68. The molecule has 0 spiro atoms. The Morgan fingerprint density at radius 3 is 2.34 bits per heavy atom. The largest absolute Gasteiger partial charge is 0.493 e. The molecule has 1 amide bonds. The van der Waals surface area contributed by atoms with Crippen LogP contribution in [0.1, 0.15) is 44.1 Å². The van der Waals surface area contributed by atoms with Crippen LogP contribution in [0.4, 0.5) is 18.9 Å². The van der Waals surface area contributed by atoms with E-state index in [9.17, 15) is 18.4 Å². The monoisotopic (exact) mass is 688 g/mol.